The van der Waals surface area contributed by atoms with Gasteiger partial charge in [-0.05, 0) is 17.7 Å². The van der Waals surface area contributed by atoms with E-state index in [0.29, 0.717) is 0 Å². The van der Waals surface area contributed by atoms with Gasteiger partial charge >= 0.3 is 0 Å². The molecule has 0 amide bonds. The smallest absolute Gasteiger partial charge is 0.248 e. The highest BCUT2D eigenvalue weighted by Crippen LogP contribution is 2.22. The lowest BCUT2D eigenvalue weighted by Crippen LogP contribution is -2.23. The average molecular weight is 228 g/mol. The van der Waals surface area contributed by atoms with Gasteiger partial charge in [-0.15, -0.1) is 0 Å². The maximum absolute atomic E-state index is 11.4. The van der Waals surface area contributed by atoms with Crippen molar-refractivity contribution in [2.75, 3.05) is 13.6 Å². The molecular formula is C12H12N4O. The molecule has 0 radical (unpaired) electrons. The van der Waals surface area contributed by atoms with Gasteiger partial charge in [-0.2, -0.15) is 0 Å². The van der Waals surface area contributed by atoms with Gasteiger partial charge in [0.25, 0.3) is 0 Å². The number of hydrogen-bond acceptors (Lipinski definition) is 4. The van der Waals surface area contributed by atoms with Crippen LogP contribution in [0.3, 0.4) is 0 Å². The van der Waals surface area contributed by atoms with Gasteiger partial charge in [0.15, 0.2) is 0 Å². The van der Waals surface area contributed by atoms with E-state index in [1.165, 1.54) is 6.07 Å². The zero-order chi connectivity index (χ0) is 11.8. The fraction of sp³-hybridized carbons (Fsp3) is 0.167. The summed E-state index contributed by atoms with van der Waals surface area (Å²) >= 11 is 0. The maximum Gasteiger partial charge on any atom is 0.248 e. The van der Waals surface area contributed by atoms with Crippen molar-refractivity contribution in [3.8, 4) is 0 Å². The average Bonchev–Trinajstić information content (AvgIpc) is 2.75. The van der Waals surface area contributed by atoms with E-state index in [2.05, 4.69) is 15.4 Å². The second-order valence-electron chi connectivity index (χ2n) is 4.04. The molecule has 0 aromatic carbocycles. The molecule has 2 aromatic heterocycles. The van der Waals surface area contributed by atoms with Gasteiger partial charge in [-0.25, -0.2) is 5.43 Å². The van der Waals surface area contributed by atoms with Gasteiger partial charge in [0.05, 0.1) is 11.0 Å². The molecule has 86 valence electrons. The standard InChI is InChI=1S/C12H12N4O/c1-16-7-8(6-14-16)9-4-5-13-10-2-3-11(17)15-12(9)10/h2-5,7,14H,6H2,1H3,(H,15,17). The summed E-state index contributed by atoms with van der Waals surface area (Å²) in [5, 5.41) is 1.91. The number of pyridine rings is 2. The Balaban J connectivity index is 2.26. The number of hydrogen-bond donors (Lipinski definition) is 2. The first kappa shape index (κ1) is 10.0. The molecule has 3 rings (SSSR count). The topological polar surface area (TPSA) is 61.0 Å². The van der Waals surface area contributed by atoms with Crippen molar-refractivity contribution >= 4 is 16.6 Å². The minimum atomic E-state index is -0.105. The van der Waals surface area contributed by atoms with Gasteiger partial charge in [0.1, 0.15) is 0 Å². The highest BCUT2D eigenvalue weighted by atomic mass is 16.1. The van der Waals surface area contributed by atoms with Gasteiger partial charge < -0.3 is 9.99 Å². The third kappa shape index (κ3) is 1.70. The van der Waals surface area contributed by atoms with Crippen LogP contribution in [-0.4, -0.2) is 28.6 Å². The van der Waals surface area contributed by atoms with Crippen molar-refractivity contribution in [1.82, 2.24) is 20.4 Å². The molecule has 0 saturated carbocycles. The van der Waals surface area contributed by atoms with Crippen LogP contribution in [0.2, 0.25) is 0 Å². The highest BCUT2D eigenvalue weighted by Gasteiger charge is 2.13. The lowest BCUT2D eigenvalue weighted by atomic mass is 10.1. The predicted molar refractivity (Wildman–Crippen MR) is 66.1 cm³/mol. The minimum absolute atomic E-state index is 0.105. The highest BCUT2D eigenvalue weighted by molar-refractivity contribution is 5.88. The molecule has 0 unspecified atom stereocenters. The Morgan fingerprint density at radius 2 is 2.24 bits per heavy atom. The van der Waals surface area contributed by atoms with E-state index in [1.54, 1.807) is 12.3 Å². The zero-order valence-electron chi connectivity index (χ0n) is 9.40. The lowest BCUT2D eigenvalue weighted by molar-refractivity contribution is 0.374. The molecule has 5 nitrogen and oxygen atoms in total. The van der Waals surface area contributed by atoms with Gasteiger partial charge in [-0.3, -0.25) is 9.78 Å². The Labute approximate surface area is 97.8 Å². The molecule has 3 heterocycles. The summed E-state index contributed by atoms with van der Waals surface area (Å²) in [6.07, 6.45) is 3.77. The fourth-order valence-electron chi connectivity index (χ4n) is 2.02. The number of rotatable bonds is 1. The summed E-state index contributed by atoms with van der Waals surface area (Å²) < 4.78 is 0. The van der Waals surface area contributed by atoms with Crippen LogP contribution in [0.1, 0.15) is 5.56 Å². The Bertz CT molecular complexity index is 659. The van der Waals surface area contributed by atoms with Crippen LogP contribution in [-0.2, 0) is 0 Å². The second-order valence-corrected chi connectivity index (χ2v) is 4.04. The van der Waals surface area contributed by atoms with E-state index >= 15 is 0 Å². The number of aromatic nitrogens is 2. The monoisotopic (exact) mass is 228 g/mol. The number of fused-ring (bicyclic) bond motifs is 1. The summed E-state index contributed by atoms with van der Waals surface area (Å²) in [6, 6.07) is 5.15. The summed E-state index contributed by atoms with van der Waals surface area (Å²) in [4.78, 5) is 18.5. The second kappa shape index (κ2) is 3.71. The Kier molecular flexibility index (Phi) is 2.19. The van der Waals surface area contributed by atoms with Crippen molar-refractivity contribution in [2.24, 2.45) is 0 Å². The molecule has 0 saturated heterocycles. The quantitative estimate of drug-likeness (QED) is 0.754. The molecule has 17 heavy (non-hydrogen) atoms. The largest absolute Gasteiger partial charge is 0.320 e. The van der Waals surface area contributed by atoms with Crippen molar-refractivity contribution in [2.45, 2.75) is 0 Å². The molecule has 0 bridgehead atoms. The van der Waals surface area contributed by atoms with Crippen LogP contribution in [0.4, 0.5) is 0 Å². The molecule has 0 fully saturated rings. The van der Waals surface area contributed by atoms with E-state index < -0.39 is 0 Å². The van der Waals surface area contributed by atoms with E-state index in [1.807, 2.05) is 24.3 Å². The fourth-order valence-corrected chi connectivity index (χ4v) is 2.02. The lowest BCUT2D eigenvalue weighted by Gasteiger charge is -2.05. The third-order valence-electron chi connectivity index (χ3n) is 2.84. The molecule has 2 N–H and O–H groups in total. The predicted octanol–water partition coefficient (Wildman–Crippen LogP) is 0.714. The number of nitrogens with one attached hydrogen (secondary N) is 2. The number of nitrogens with zero attached hydrogens (tertiary/aromatic N) is 2. The molecule has 0 spiro atoms. The van der Waals surface area contributed by atoms with Gasteiger partial charge in [0, 0.05) is 37.6 Å². The minimum Gasteiger partial charge on any atom is -0.320 e. The summed E-state index contributed by atoms with van der Waals surface area (Å²) in [5.41, 5.74) is 6.83. The Morgan fingerprint density at radius 3 is 3.00 bits per heavy atom. The molecule has 0 atom stereocenters. The molecule has 1 aliphatic rings. The van der Waals surface area contributed by atoms with Crippen LogP contribution in [0.5, 0.6) is 0 Å². The number of hydrazine groups is 1. The van der Waals surface area contributed by atoms with E-state index in [-0.39, 0.29) is 5.56 Å². The maximum atomic E-state index is 11.4. The van der Waals surface area contributed by atoms with E-state index in [9.17, 15) is 4.79 Å². The van der Waals surface area contributed by atoms with Crippen molar-refractivity contribution in [3.05, 3.63) is 46.5 Å². The van der Waals surface area contributed by atoms with E-state index in [0.717, 1.165) is 28.7 Å². The first-order valence-electron chi connectivity index (χ1n) is 5.39. The van der Waals surface area contributed by atoms with Crippen LogP contribution in [0.15, 0.2) is 35.4 Å². The van der Waals surface area contributed by atoms with Crippen LogP contribution in [0.25, 0.3) is 16.6 Å². The summed E-state index contributed by atoms with van der Waals surface area (Å²) in [7, 11) is 1.94. The normalized spacial score (nSPS) is 15.4. The molecule has 1 aliphatic heterocycles. The van der Waals surface area contributed by atoms with Crippen LogP contribution < -0.4 is 11.0 Å². The summed E-state index contributed by atoms with van der Waals surface area (Å²) in [6.45, 7) is 0.756. The van der Waals surface area contributed by atoms with Crippen molar-refractivity contribution in [3.63, 3.8) is 0 Å². The number of H-pyrrole nitrogens is 1. The van der Waals surface area contributed by atoms with Gasteiger partial charge in [-0.1, -0.05) is 0 Å². The molecule has 0 aliphatic carbocycles. The molecule has 2 aromatic rings. The Hall–Kier alpha value is -2.14. The Morgan fingerprint density at radius 1 is 1.35 bits per heavy atom. The van der Waals surface area contributed by atoms with Crippen LogP contribution in [0, 0.1) is 0 Å². The first-order chi connectivity index (χ1) is 8.24. The van der Waals surface area contributed by atoms with Crippen molar-refractivity contribution in [1.29, 1.82) is 0 Å². The SMILES string of the molecule is CN1C=C(c2ccnc3ccc(=O)[nH]c23)CN1. The van der Waals surface area contributed by atoms with Gasteiger partial charge in [0.2, 0.25) is 5.56 Å². The van der Waals surface area contributed by atoms with E-state index in [4.69, 9.17) is 0 Å². The zero-order valence-corrected chi connectivity index (χ0v) is 9.40. The summed E-state index contributed by atoms with van der Waals surface area (Å²) in [5.74, 6) is 0. The molecular weight excluding hydrogens is 216 g/mol. The number of aromatic amines is 1. The third-order valence-corrected chi connectivity index (χ3v) is 2.84. The molecule has 5 heteroatoms. The van der Waals surface area contributed by atoms with Crippen LogP contribution >= 0.6 is 0 Å². The van der Waals surface area contributed by atoms with Crippen molar-refractivity contribution < 1.29 is 0 Å². The first-order valence-corrected chi connectivity index (χ1v) is 5.39.